The van der Waals surface area contributed by atoms with Crippen LogP contribution in [0.25, 0.3) is 0 Å². The summed E-state index contributed by atoms with van der Waals surface area (Å²) in [5.41, 5.74) is 6.44. The van der Waals surface area contributed by atoms with Crippen molar-refractivity contribution in [3.05, 3.63) is 29.6 Å². The fourth-order valence-corrected chi connectivity index (χ4v) is 2.11. The zero-order chi connectivity index (χ0) is 10.6. The topological polar surface area (TPSA) is 26.0 Å². The van der Waals surface area contributed by atoms with Crippen LogP contribution in [0, 0.1) is 11.7 Å². The number of thioether (sulfide) groups is 1. The molecule has 2 N–H and O–H groups in total. The molecular weight excluding hydrogens is 197 g/mol. The van der Waals surface area contributed by atoms with E-state index >= 15 is 0 Å². The van der Waals surface area contributed by atoms with Gasteiger partial charge in [-0.3, -0.25) is 0 Å². The Morgan fingerprint density at radius 1 is 1.43 bits per heavy atom. The Hall–Kier alpha value is -0.540. The van der Waals surface area contributed by atoms with Gasteiger partial charge in [0.2, 0.25) is 0 Å². The number of nitrogens with two attached hydrogens (primary N) is 1. The van der Waals surface area contributed by atoms with Crippen molar-refractivity contribution in [3.8, 4) is 0 Å². The zero-order valence-corrected chi connectivity index (χ0v) is 9.40. The van der Waals surface area contributed by atoms with Crippen LogP contribution in [-0.4, -0.2) is 5.75 Å². The summed E-state index contributed by atoms with van der Waals surface area (Å²) < 4.78 is 12.9. The van der Waals surface area contributed by atoms with Gasteiger partial charge in [0.1, 0.15) is 5.82 Å². The van der Waals surface area contributed by atoms with E-state index in [-0.39, 0.29) is 5.82 Å². The van der Waals surface area contributed by atoms with Crippen molar-refractivity contribution in [1.82, 2.24) is 0 Å². The summed E-state index contributed by atoms with van der Waals surface area (Å²) >= 11 is 1.74. The van der Waals surface area contributed by atoms with Gasteiger partial charge in [0.15, 0.2) is 0 Å². The van der Waals surface area contributed by atoms with Crippen LogP contribution in [0.15, 0.2) is 23.1 Å². The number of hydrogen-bond acceptors (Lipinski definition) is 2. The predicted molar refractivity (Wildman–Crippen MR) is 59.9 cm³/mol. The molecule has 0 radical (unpaired) electrons. The van der Waals surface area contributed by atoms with E-state index in [1.165, 1.54) is 12.1 Å². The molecular formula is C11H16FNS. The number of halogens is 1. The molecule has 3 heteroatoms. The van der Waals surface area contributed by atoms with E-state index in [4.69, 9.17) is 5.73 Å². The normalized spacial score (nSPS) is 10.9. The molecule has 0 bridgehead atoms. The lowest BCUT2D eigenvalue weighted by Gasteiger charge is -2.08. The maximum atomic E-state index is 12.9. The molecule has 0 saturated carbocycles. The van der Waals surface area contributed by atoms with E-state index in [0.717, 1.165) is 16.2 Å². The first-order chi connectivity index (χ1) is 6.63. The van der Waals surface area contributed by atoms with Gasteiger partial charge in [-0.05, 0) is 29.7 Å². The Balaban J connectivity index is 2.75. The van der Waals surface area contributed by atoms with Gasteiger partial charge in [-0.1, -0.05) is 13.8 Å². The van der Waals surface area contributed by atoms with E-state index in [2.05, 4.69) is 13.8 Å². The third-order valence-electron chi connectivity index (χ3n) is 1.81. The fourth-order valence-electron chi connectivity index (χ4n) is 1.10. The van der Waals surface area contributed by atoms with Crippen LogP contribution in [0.5, 0.6) is 0 Å². The SMILES string of the molecule is CC(C)CSc1ccc(F)cc1CN. The van der Waals surface area contributed by atoms with E-state index in [9.17, 15) is 4.39 Å². The minimum absolute atomic E-state index is 0.209. The van der Waals surface area contributed by atoms with E-state index in [1.54, 1.807) is 11.8 Å². The highest BCUT2D eigenvalue weighted by Crippen LogP contribution is 2.25. The lowest BCUT2D eigenvalue weighted by atomic mass is 10.2. The van der Waals surface area contributed by atoms with E-state index in [1.807, 2.05) is 6.07 Å². The molecule has 0 amide bonds. The summed E-state index contributed by atoms with van der Waals surface area (Å²) in [6.45, 7) is 4.73. The van der Waals surface area contributed by atoms with Crippen molar-refractivity contribution in [3.63, 3.8) is 0 Å². The number of hydrogen-bond donors (Lipinski definition) is 1. The molecule has 0 aliphatic carbocycles. The second kappa shape index (κ2) is 5.37. The van der Waals surface area contributed by atoms with Gasteiger partial charge in [0.25, 0.3) is 0 Å². The second-order valence-electron chi connectivity index (χ2n) is 3.66. The summed E-state index contributed by atoms with van der Waals surface area (Å²) in [7, 11) is 0. The van der Waals surface area contributed by atoms with Gasteiger partial charge in [-0.15, -0.1) is 11.8 Å². The first kappa shape index (κ1) is 11.5. The molecule has 1 aromatic carbocycles. The molecule has 1 rings (SSSR count). The smallest absolute Gasteiger partial charge is 0.123 e. The number of rotatable bonds is 4. The Kier molecular flexibility index (Phi) is 4.42. The summed E-state index contributed by atoms with van der Waals surface area (Å²) in [4.78, 5) is 1.10. The average Bonchev–Trinajstić information content (AvgIpc) is 2.15. The van der Waals surface area contributed by atoms with Crippen LogP contribution in [0.2, 0.25) is 0 Å². The molecule has 0 heterocycles. The monoisotopic (exact) mass is 213 g/mol. The predicted octanol–water partition coefficient (Wildman–Crippen LogP) is 3.03. The molecule has 0 saturated heterocycles. The lowest BCUT2D eigenvalue weighted by Crippen LogP contribution is -2.00. The summed E-state index contributed by atoms with van der Waals surface area (Å²) in [6.07, 6.45) is 0. The largest absolute Gasteiger partial charge is 0.326 e. The van der Waals surface area contributed by atoms with Crippen LogP contribution < -0.4 is 5.73 Å². The first-order valence-corrected chi connectivity index (χ1v) is 5.73. The summed E-state index contributed by atoms with van der Waals surface area (Å²) in [6, 6.07) is 4.81. The van der Waals surface area contributed by atoms with E-state index < -0.39 is 0 Å². The highest BCUT2D eigenvalue weighted by Gasteiger charge is 2.04. The Morgan fingerprint density at radius 3 is 2.71 bits per heavy atom. The van der Waals surface area contributed by atoms with Gasteiger partial charge in [-0.25, -0.2) is 4.39 Å². The van der Waals surface area contributed by atoms with Gasteiger partial charge < -0.3 is 5.73 Å². The molecule has 0 spiro atoms. The Morgan fingerprint density at radius 2 is 2.14 bits per heavy atom. The molecule has 14 heavy (non-hydrogen) atoms. The molecule has 1 aromatic rings. The summed E-state index contributed by atoms with van der Waals surface area (Å²) in [5.74, 6) is 1.47. The van der Waals surface area contributed by atoms with Gasteiger partial charge in [-0.2, -0.15) is 0 Å². The van der Waals surface area contributed by atoms with Crippen molar-refractivity contribution in [1.29, 1.82) is 0 Å². The average molecular weight is 213 g/mol. The minimum atomic E-state index is -0.209. The van der Waals surface area contributed by atoms with Crippen LogP contribution in [-0.2, 0) is 6.54 Å². The second-order valence-corrected chi connectivity index (χ2v) is 4.72. The molecule has 1 nitrogen and oxygen atoms in total. The lowest BCUT2D eigenvalue weighted by molar-refractivity contribution is 0.623. The maximum absolute atomic E-state index is 12.9. The van der Waals surface area contributed by atoms with Gasteiger partial charge >= 0.3 is 0 Å². The molecule has 78 valence electrons. The Bertz CT molecular complexity index is 299. The first-order valence-electron chi connectivity index (χ1n) is 4.74. The molecule has 0 aliphatic rings. The highest BCUT2D eigenvalue weighted by atomic mass is 32.2. The maximum Gasteiger partial charge on any atom is 0.123 e. The van der Waals surface area contributed by atoms with Crippen LogP contribution in [0.1, 0.15) is 19.4 Å². The zero-order valence-electron chi connectivity index (χ0n) is 8.59. The molecule has 0 aliphatic heterocycles. The van der Waals surface area contributed by atoms with Crippen LogP contribution in [0.4, 0.5) is 4.39 Å². The fraction of sp³-hybridized carbons (Fsp3) is 0.455. The van der Waals surface area contributed by atoms with E-state index in [0.29, 0.717) is 12.5 Å². The van der Waals surface area contributed by atoms with Crippen molar-refractivity contribution in [2.75, 3.05) is 5.75 Å². The van der Waals surface area contributed by atoms with Crippen molar-refractivity contribution >= 4 is 11.8 Å². The molecule has 0 fully saturated rings. The number of benzene rings is 1. The third kappa shape index (κ3) is 3.31. The molecule has 0 aromatic heterocycles. The van der Waals surface area contributed by atoms with Gasteiger partial charge in [0.05, 0.1) is 0 Å². The van der Waals surface area contributed by atoms with Gasteiger partial charge in [0, 0.05) is 17.2 Å². The molecule has 0 unspecified atom stereocenters. The molecule has 0 atom stereocenters. The van der Waals surface area contributed by atoms with Crippen molar-refractivity contribution in [2.45, 2.75) is 25.3 Å². The van der Waals surface area contributed by atoms with Crippen LogP contribution >= 0.6 is 11.8 Å². The van der Waals surface area contributed by atoms with Crippen LogP contribution in [0.3, 0.4) is 0 Å². The summed E-state index contributed by atoms with van der Waals surface area (Å²) in [5, 5.41) is 0. The quantitative estimate of drug-likeness (QED) is 0.778. The third-order valence-corrected chi connectivity index (χ3v) is 3.36. The van der Waals surface area contributed by atoms with Crippen molar-refractivity contribution < 1.29 is 4.39 Å². The minimum Gasteiger partial charge on any atom is -0.326 e. The van der Waals surface area contributed by atoms with Crippen molar-refractivity contribution in [2.24, 2.45) is 11.7 Å². The standard InChI is InChI=1S/C11H16FNS/c1-8(2)7-14-11-4-3-10(12)5-9(11)6-13/h3-5,8H,6-7,13H2,1-2H3. The Labute approximate surface area is 88.9 Å². The highest BCUT2D eigenvalue weighted by molar-refractivity contribution is 7.99.